The fourth-order valence-corrected chi connectivity index (χ4v) is 1.74. The van der Waals surface area contributed by atoms with Gasteiger partial charge in [0.1, 0.15) is 0 Å². The summed E-state index contributed by atoms with van der Waals surface area (Å²) in [5, 5.41) is 2.25. The van der Waals surface area contributed by atoms with Crippen LogP contribution in [0.5, 0.6) is 0 Å². The van der Waals surface area contributed by atoms with Crippen LogP contribution in [0.3, 0.4) is 0 Å². The summed E-state index contributed by atoms with van der Waals surface area (Å²) in [5.41, 5.74) is 6.69. The molecule has 0 amide bonds. The molecule has 1 aromatic heterocycles. The SMILES string of the molecule is Nc1ccccc1C(=O)c1nccs1. The number of nitrogen functional groups attached to an aromatic ring is 1. The molecule has 2 rings (SSSR count). The number of carbonyl (C=O) groups excluding carboxylic acids is 1. The zero-order chi connectivity index (χ0) is 9.97. The van der Waals surface area contributed by atoms with Crippen LogP contribution in [0.15, 0.2) is 35.8 Å². The van der Waals surface area contributed by atoms with Gasteiger partial charge in [-0.05, 0) is 12.1 Å². The van der Waals surface area contributed by atoms with Crippen molar-refractivity contribution in [2.75, 3.05) is 5.73 Å². The Labute approximate surface area is 85.2 Å². The number of anilines is 1. The first kappa shape index (κ1) is 8.90. The largest absolute Gasteiger partial charge is 0.398 e. The van der Waals surface area contributed by atoms with Crippen LogP contribution >= 0.6 is 11.3 Å². The average molecular weight is 204 g/mol. The molecule has 0 spiro atoms. The second-order valence-electron chi connectivity index (χ2n) is 2.75. The number of para-hydroxylation sites is 1. The van der Waals surface area contributed by atoms with Gasteiger partial charge in [0.05, 0.1) is 0 Å². The molecule has 3 nitrogen and oxygen atoms in total. The van der Waals surface area contributed by atoms with Gasteiger partial charge in [0, 0.05) is 22.8 Å². The Balaban J connectivity index is 2.42. The second-order valence-corrected chi connectivity index (χ2v) is 3.65. The zero-order valence-electron chi connectivity index (χ0n) is 7.31. The maximum atomic E-state index is 11.8. The highest BCUT2D eigenvalue weighted by atomic mass is 32.1. The van der Waals surface area contributed by atoms with Crippen molar-refractivity contribution in [2.24, 2.45) is 0 Å². The normalized spacial score (nSPS) is 10.0. The van der Waals surface area contributed by atoms with Crippen molar-refractivity contribution in [1.29, 1.82) is 0 Å². The summed E-state index contributed by atoms with van der Waals surface area (Å²) in [4.78, 5) is 15.7. The summed E-state index contributed by atoms with van der Waals surface area (Å²) in [6.07, 6.45) is 1.61. The van der Waals surface area contributed by atoms with Crippen molar-refractivity contribution in [3.63, 3.8) is 0 Å². The molecule has 70 valence electrons. The smallest absolute Gasteiger partial charge is 0.223 e. The number of hydrogen-bond donors (Lipinski definition) is 1. The van der Waals surface area contributed by atoms with Gasteiger partial charge >= 0.3 is 0 Å². The van der Waals surface area contributed by atoms with Crippen LogP contribution in [0.4, 0.5) is 5.69 Å². The van der Waals surface area contributed by atoms with Gasteiger partial charge in [-0.15, -0.1) is 11.3 Å². The molecular formula is C10H8N2OS. The number of ketones is 1. The van der Waals surface area contributed by atoms with Crippen molar-refractivity contribution in [1.82, 2.24) is 4.98 Å². The van der Waals surface area contributed by atoms with Crippen molar-refractivity contribution in [3.05, 3.63) is 46.4 Å². The van der Waals surface area contributed by atoms with Gasteiger partial charge in [0.25, 0.3) is 0 Å². The molecule has 0 unspecified atom stereocenters. The Hall–Kier alpha value is -1.68. The molecule has 0 fully saturated rings. The fourth-order valence-electron chi connectivity index (χ4n) is 1.15. The molecule has 14 heavy (non-hydrogen) atoms. The van der Waals surface area contributed by atoms with Gasteiger partial charge in [-0.25, -0.2) is 4.98 Å². The Morgan fingerprint density at radius 2 is 2.14 bits per heavy atom. The number of benzene rings is 1. The van der Waals surface area contributed by atoms with E-state index in [-0.39, 0.29) is 5.78 Å². The summed E-state index contributed by atoms with van der Waals surface area (Å²) in [7, 11) is 0. The summed E-state index contributed by atoms with van der Waals surface area (Å²) in [6.45, 7) is 0. The van der Waals surface area contributed by atoms with E-state index in [4.69, 9.17) is 5.73 Å². The van der Waals surface area contributed by atoms with E-state index in [0.29, 0.717) is 16.3 Å². The zero-order valence-corrected chi connectivity index (χ0v) is 8.12. The van der Waals surface area contributed by atoms with E-state index in [1.54, 1.807) is 35.8 Å². The number of carbonyl (C=O) groups is 1. The lowest BCUT2D eigenvalue weighted by Gasteiger charge is -2.00. The van der Waals surface area contributed by atoms with Crippen LogP contribution in [0.1, 0.15) is 15.4 Å². The number of nitrogens with two attached hydrogens (primary N) is 1. The molecule has 1 aromatic carbocycles. The summed E-state index contributed by atoms with van der Waals surface area (Å²) in [6, 6.07) is 7.01. The van der Waals surface area contributed by atoms with E-state index in [0.717, 1.165) is 0 Å². The van der Waals surface area contributed by atoms with Crippen LogP contribution in [-0.2, 0) is 0 Å². The molecule has 4 heteroatoms. The highest BCUT2D eigenvalue weighted by molar-refractivity contribution is 7.11. The monoisotopic (exact) mass is 204 g/mol. The summed E-state index contributed by atoms with van der Waals surface area (Å²) < 4.78 is 0. The molecule has 2 N–H and O–H groups in total. The minimum Gasteiger partial charge on any atom is -0.398 e. The third kappa shape index (κ3) is 1.52. The second kappa shape index (κ2) is 3.59. The number of aromatic nitrogens is 1. The van der Waals surface area contributed by atoms with Gasteiger partial charge in [0.2, 0.25) is 5.78 Å². The van der Waals surface area contributed by atoms with E-state index >= 15 is 0 Å². The van der Waals surface area contributed by atoms with Crippen LogP contribution in [0.25, 0.3) is 0 Å². The van der Waals surface area contributed by atoms with E-state index in [1.807, 2.05) is 0 Å². The van der Waals surface area contributed by atoms with Gasteiger partial charge < -0.3 is 5.73 Å². The molecule has 0 bridgehead atoms. The number of hydrogen-bond acceptors (Lipinski definition) is 4. The van der Waals surface area contributed by atoms with E-state index in [1.165, 1.54) is 11.3 Å². The number of thiazole rings is 1. The quantitative estimate of drug-likeness (QED) is 0.601. The molecule has 0 atom stereocenters. The minimum absolute atomic E-state index is 0.113. The number of nitrogens with zero attached hydrogens (tertiary/aromatic N) is 1. The Kier molecular flexibility index (Phi) is 2.28. The van der Waals surface area contributed by atoms with Crippen molar-refractivity contribution in [3.8, 4) is 0 Å². The average Bonchev–Trinajstić information content (AvgIpc) is 2.70. The van der Waals surface area contributed by atoms with E-state index in [9.17, 15) is 4.79 Å². The topological polar surface area (TPSA) is 56.0 Å². The predicted octanol–water partition coefficient (Wildman–Crippen LogP) is 1.96. The van der Waals surface area contributed by atoms with Gasteiger partial charge in [-0.2, -0.15) is 0 Å². The first-order valence-electron chi connectivity index (χ1n) is 4.08. The van der Waals surface area contributed by atoms with Crippen LogP contribution in [0, 0.1) is 0 Å². The molecule has 0 aliphatic heterocycles. The molecule has 0 radical (unpaired) electrons. The summed E-state index contributed by atoms with van der Waals surface area (Å²) in [5.74, 6) is -0.113. The van der Waals surface area contributed by atoms with Crippen molar-refractivity contribution >= 4 is 22.8 Å². The van der Waals surface area contributed by atoms with Crippen molar-refractivity contribution < 1.29 is 4.79 Å². The maximum Gasteiger partial charge on any atom is 0.223 e. The molecule has 0 aliphatic rings. The first-order chi connectivity index (χ1) is 6.79. The number of rotatable bonds is 2. The molecule has 0 saturated carbocycles. The lowest BCUT2D eigenvalue weighted by atomic mass is 10.1. The Morgan fingerprint density at radius 1 is 1.36 bits per heavy atom. The van der Waals surface area contributed by atoms with Crippen LogP contribution in [0.2, 0.25) is 0 Å². The van der Waals surface area contributed by atoms with Crippen LogP contribution in [-0.4, -0.2) is 10.8 Å². The molecule has 2 aromatic rings. The van der Waals surface area contributed by atoms with Gasteiger partial charge in [0.15, 0.2) is 5.01 Å². The lowest BCUT2D eigenvalue weighted by molar-refractivity contribution is 0.103. The Morgan fingerprint density at radius 3 is 2.79 bits per heavy atom. The fraction of sp³-hybridized carbons (Fsp3) is 0. The highest BCUT2D eigenvalue weighted by Crippen LogP contribution is 2.17. The summed E-state index contributed by atoms with van der Waals surface area (Å²) >= 11 is 1.32. The minimum atomic E-state index is -0.113. The molecular weight excluding hydrogens is 196 g/mol. The molecule has 0 saturated heterocycles. The molecule has 1 heterocycles. The van der Waals surface area contributed by atoms with Gasteiger partial charge in [-0.3, -0.25) is 4.79 Å². The first-order valence-corrected chi connectivity index (χ1v) is 4.95. The third-order valence-corrected chi connectivity index (χ3v) is 2.60. The van der Waals surface area contributed by atoms with Crippen LogP contribution < -0.4 is 5.73 Å². The molecule has 0 aliphatic carbocycles. The van der Waals surface area contributed by atoms with Gasteiger partial charge in [-0.1, -0.05) is 12.1 Å². The van der Waals surface area contributed by atoms with E-state index < -0.39 is 0 Å². The predicted molar refractivity (Wildman–Crippen MR) is 56.4 cm³/mol. The third-order valence-electron chi connectivity index (χ3n) is 1.83. The lowest BCUT2D eigenvalue weighted by Crippen LogP contribution is -2.04. The Bertz CT molecular complexity index is 451. The van der Waals surface area contributed by atoms with Crippen molar-refractivity contribution in [2.45, 2.75) is 0 Å². The highest BCUT2D eigenvalue weighted by Gasteiger charge is 2.13. The standard InChI is InChI=1S/C10H8N2OS/c11-8-4-2-1-3-7(8)9(13)10-12-5-6-14-10/h1-6H,11H2. The van der Waals surface area contributed by atoms with E-state index in [2.05, 4.69) is 4.98 Å². The maximum absolute atomic E-state index is 11.8.